The van der Waals surface area contributed by atoms with Gasteiger partial charge in [0, 0.05) is 5.02 Å². The highest BCUT2D eigenvalue weighted by Crippen LogP contribution is 2.26. The summed E-state index contributed by atoms with van der Waals surface area (Å²) in [5.74, 6) is 0. The summed E-state index contributed by atoms with van der Waals surface area (Å²) >= 11 is 5.99. The van der Waals surface area contributed by atoms with Crippen LogP contribution in [-0.4, -0.2) is 0 Å². The van der Waals surface area contributed by atoms with Crippen molar-refractivity contribution in [1.29, 1.82) is 0 Å². The monoisotopic (exact) mass is 258 g/mol. The molecule has 0 heterocycles. The van der Waals surface area contributed by atoms with Gasteiger partial charge in [-0.15, -0.1) is 0 Å². The van der Waals surface area contributed by atoms with E-state index in [4.69, 9.17) is 11.6 Å². The van der Waals surface area contributed by atoms with Crippen molar-refractivity contribution in [3.63, 3.8) is 0 Å². The van der Waals surface area contributed by atoms with Crippen LogP contribution in [0.2, 0.25) is 5.02 Å². The SMILES string of the molecule is CCCCc1ccc(-c2ccc(Cl)cc2C)cc1. The van der Waals surface area contributed by atoms with Gasteiger partial charge in [-0.1, -0.05) is 55.3 Å². The van der Waals surface area contributed by atoms with Crippen LogP contribution in [0.15, 0.2) is 42.5 Å². The first-order valence-electron chi connectivity index (χ1n) is 6.56. The summed E-state index contributed by atoms with van der Waals surface area (Å²) in [5, 5.41) is 0.802. The van der Waals surface area contributed by atoms with Crippen molar-refractivity contribution in [2.75, 3.05) is 0 Å². The van der Waals surface area contributed by atoms with Gasteiger partial charge in [-0.05, 0) is 54.2 Å². The Morgan fingerprint density at radius 1 is 1.00 bits per heavy atom. The summed E-state index contributed by atoms with van der Waals surface area (Å²) in [6.45, 7) is 4.33. The van der Waals surface area contributed by atoms with Crippen LogP contribution < -0.4 is 0 Å². The van der Waals surface area contributed by atoms with Gasteiger partial charge >= 0.3 is 0 Å². The Morgan fingerprint density at radius 3 is 2.33 bits per heavy atom. The predicted molar refractivity (Wildman–Crippen MR) is 80.2 cm³/mol. The summed E-state index contributed by atoms with van der Waals surface area (Å²) < 4.78 is 0. The molecular formula is C17H19Cl. The van der Waals surface area contributed by atoms with E-state index in [-0.39, 0.29) is 0 Å². The van der Waals surface area contributed by atoms with Gasteiger partial charge in [-0.25, -0.2) is 0 Å². The van der Waals surface area contributed by atoms with E-state index in [0.717, 1.165) is 5.02 Å². The van der Waals surface area contributed by atoms with Crippen LogP contribution in [0.25, 0.3) is 11.1 Å². The van der Waals surface area contributed by atoms with Crippen LogP contribution >= 0.6 is 11.6 Å². The van der Waals surface area contributed by atoms with E-state index in [1.54, 1.807) is 0 Å². The second-order valence-corrected chi connectivity index (χ2v) is 5.20. The summed E-state index contributed by atoms with van der Waals surface area (Å²) in [4.78, 5) is 0. The molecule has 94 valence electrons. The zero-order valence-electron chi connectivity index (χ0n) is 11.0. The molecule has 0 amide bonds. The number of halogens is 1. The van der Waals surface area contributed by atoms with Gasteiger partial charge in [0.1, 0.15) is 0 Å². The van der Waals surface area contributed by atoms with Crippen LogP contribution in [0.3, 0.4) is 0 Å². The van der Waals surface area contributed by atoms with Gasteiger partial charge in [0.2, 0.25) is 0 Å². The molecule has 0 fully saturated rings. The summed E-state index contributed by atoms with van der Waals surface area (Å²) in [7, 11) is 0. The molecule has 0 unspecified atom stereocenters. The molecule has 0 atom stereocenters. The first-order chi connectivity index (χ1) is 8.70. The molecule has 18 heavy (non-hydrogen) atoms. The van der Waals surface area contributed by atoms with E-state index < -0.39 is 0 Å². The molecule has 0 bridgehead atoms. The molecule has 2 rings (SSSR count). The van der Waals surface area contributed by atoms with E-state index in [1.807, 2.05) is 12.1 Å². The molecule has 0 aliphatic heterocycles. The number of hydrogen-bond donors (Lipinski definition) is 0. The molecule has 0 N–H and O–H groups in total. The van der Waals surface area contributed by atoms with Crippen molar-refractivity contribution in [2.45, 2.75) is 33.1 Å². The third-order valence-corrected chi connectivity index (χ3v) is 3.51. The van der Waals surface area contributed by atoms with Crippen molar-refractivity contribution in [3.8, 4) is 11.1 Å². The minimum Gasteiger partial charge on any atom is -0.0843 e. The number of hydrogen-bond acceptors (Lipinski definition) is 0. The van der Waals surface area contributed by atoms with Gasteiger partial charge in [0.15, 0.2) is 0 Å². The van der Waals surface area contributed by atoms with Gasteiger partial charge < -0.3 is 0 Å². The molecule has 2 aromatic rings. The second kappa shape index (κ2) is 6.06. The average molecular weight is 259 g/mol. The topological polar surface area (TPSA) is 0 Å². The third kappa shape index (κ3) is 3.14. The Balaban J connectivity index is 2.23. The number of rotatable bonds is 4. The molecule has 2 aromatic carbocycles. The Hall–Kier alpha value is -1.27. The highest BCUT2D eigenvalue weighted by Gasteiger charge is 2.02. The van der Waals surface area contributed by atoms with E-state index >= 15 is 0 Å². The van der Waals surface area contributed by atoms with Gasteiger partial charge in [0.25, 0.3) is 0 Å². The number of aryl methyl sites for hydroxylation is 2. The maximum Gasteiger partial charge on any atom is 0.0409 e. The van der Waals surface area contributed by atoms with Crippen LogP contribution in [0.5, 0.6) is 0 Å². The predicted octanol–water partition coefficient (Wildman–Crippen LogP) is 5.66. The van der Waals surface area contributed by atoms with Gasteiger partial charge in [0.05, 0.1) is 0 Å². The Morgan fingerprint density at radius 2 is 1.72 bits per heavy atom. The molecular weight excluding hydrogens is 240 g/mol. The first-order valence-corrected chi connectivity index (χ1v) is 6.94. The van der Waals surface area contributed by atoms with Crippen LogP contribution in [0.4, 0.5) is 0 Å². The van der Waals surface area contributed by atoms with Crippen molar-refractivity contribution in [3.05, 3.63) is 58.6 Å². The Kier molecular flexibility index (Phi) is 4.43. The zero-order valence-corrected chi connectivity index (χ0v) is 11.8. The van der Waals surface area contributed by atoms with Gasteiger partial charge in [-0.2, -0.15) is 0 Å². The lowest BCUT2D eigenvalue weighted by Crippen LogP contribution is -1.87. The van der Waals surface area contributed by atoms with Crippen LogP contribution in [0.1, 0.15) is 30.9 Å². The maximum atomic E-state index is 5.99. The van der Waals surface area contributed by atoms with Crippen molar-refractivity contribution in [2.24, 2.45) is 0 Å². The first kappa shape index (κ1) is 13.2. The van der Waals surface area contributed by atoms with E-state index in [1.165, 1.54) is 41.5 Å². The highest BCUT2D eigenvalue weighted by molar-refractivity contribution is 6.30. The van der Waals surface area contributed by atoms with E-state index in [9.17, 15) is 0 Å². The molecule has 0 radical (unpaired) electrons. The summed E-state index contributed by atoms with van der Waals surface area (Å²) in [6, 6.07) is 15.0. The molecule has 0 nitrogen and oxygen atoms in total. The lowest BCUT2D eigenvalue weighted by Gasteiger charge is -2.08. The number of unbranched alkanes of at least 4 members (excludes halogenated alkanes) is 1. The molecule has 0 aromatic heterocycles. The summed E-state index contributed by atoms with van der Waals surface area (Å²) in [5.41, 5.74) is 5.18. The second-order valence-electron chi connectivity index (χ2n) is 4.76. The van der Waals surface area contributed by atoms with Crippen molar-refractivity contribution >= 4 is 11.6 Å². The van der Waals surface area contributed by atoms with Crippen molar-refractivity contribution in [1.82, 2.24) is 0 Å². The smallest absolute Gasteiger partial charge is 0.0409 e. The molecule has 0 aliphatic rings. The van der Waals surface area contributed by atoms with Crippen molar-refractivity contribution < 1.29 is 0 Å². The fraction of sp³-hybridized carbons (Fsp3) is 0.294. The zero-order chi connectivity index (χ0) is 13.0. The Bertz CT molecular complexity index is 512. The Labute approximate surface area is 115 Å². The fourth-order valence-corrected chi connectivity index (χ4v) is 2.41. The van der Waals surface area contributed by atoms with Crippen LogP contribution in [0, 0.1) is 6.92 Å². The lowest BCUT2D eigenvalue weighted by atomic mass is 9.98. The third-order valence-electron chi connectivity index (χ3n) is 3.27. The van der Waals surface area contributed by atoms with E-state index in [2.05, 4.69) is 44.2 Å². The van der Waals surface area contributed by atoms with Crippen LogP contribution in [-0.2, 0) is 6.42 Å². The molecule has 1 heteroatoms. The standard InChI is InChI=1S/C17H19Cl/c1-3-4-5-14-6-8-15(9-7-14)17-11-10-16(18)12-13(17)2/h6-12H,3-5H2,1-2H3. The van der Waals surface area contributed by atoms with E-state index in [0.29, 0.717) is 0 Å². The lowest BCUT2D eigenvalue weighted by molar-refractivity contribution is 0.795. The quantitative estimate of drug-likeness (QED) is 0.664. The maximum absolute atomic E-state index is 5.99. The number of benzene rings is 2. The largest absolute Gasteiger partial charge is 0.0843 e. The fourth-order valence-electron chi connectivity index (χ4n) is 2.18. The molecule has 0 aliphatic carbocycles. The van der Waals surface area contributed by atoms with Gasteiger partial charge in [-0.3, -0.25) is 0 Å². The summed E-state index contributed by atoms with van der Waals surface area (Å²) in [6.07, 6.45) is 3.69. The molecule has 0 saturated heterocycles. The average Bonchev–Trinajstić information content (AvgIpc) is 2.37. The normalized spacial score (nSPS) is 10.6. The molecule has 0 spiro atoms. The highest BCUT2D eigenvalue weighted by atomic mass is 35.5. The minimum absolute atomic E-state index is 0.802. The molecule has 0 saturated carbocycles. The minimum atomic E-state index is 0.802.